The minimum absolute atomic E-state index is 0.0168. The summed E-state index contributed by atoms with van der Waals surface area (Å²) in [6, 6.07) is 4.66. The summed E-state index contributed by atoms with van der Waals surface area (Å²) in [6.07, 6.45) is 2.09. The van der Waals surface area contributed by atoms with Crippen LogP contribution in [0.2, 0.25) is 0 Å². The molecule has 0 atom stereocenters. The molecule has 1 aromatic carbocycles. The van der Waals surface area contributed by atoms with Crippen LogP contribution in [-0.2, 0) is 0 Å². The van der Waals surface area contributed by atoms with Gasteiger partial charge in [0.25, 0.3) is 6.43 Å². The Hall–Kier alpha value is -1.36. The molecule has 112 valence electrons. The number of anilines is 2. The van der Waals surface area contributed by atoms with E-state index in [1.54, 1.807) is 12.1 Å². The Kier molecular flexibility index (Phi) is 4.48. The monoisotopic (exact) mass is 283 g/mol. The summed E-state index contributed by atoms with van der Waals surface area (Å²) in [6.45, 7) is 0.684. The Balaban J connectivity index is 2.14. The number of nitrogens with two attached hydrogens (primary N) is 1. The normalized spacial score (nSPS) is 17.9. The average Bonchev–Trinajstić information content (AvgIpc) is 2.87. The van der Waals surface area contributed by atoms with Gasteiger partial charge in [-0.3, -0.25) is 0 Å². The van der Waals surface area contributed by atoms with Crippen LogP contribution < -0.4 is 11.1 Å². The molecular weight excluding hydrogens is 260 g/mol. The first-order chi connectivity index (χ1) is 9.44. The number of nitrogens with one attached hydrogen (secondary N) is 1. The smallest absolute Gasteiger partial charge is 0.265 e. The Bertz CT molecular complexity index is 454. The van der Waals surface area contributed by atoms with E-state index in [9.17, 15) is 8.78 Å². The first-order valence-electron chi connectivity index (χ1n) is 7.03. The third-order valence-corrected chi connectivity index (χ3v) is 4.40. The first-order valence-corrected chi connectivity index (χ1v) is 7.03. The molecule has 0 unspecified atom stereocenters. The van der Waals surface area contributed by atoms with Crippen molar-refractivity contribution in [2.75, 3.05) is 31.7 Å². The maximum absolute atomic E-state index is 13.1. The maximum Gasteiger partial charge on any atom is 0.265 e. The summed E-state index contributed by atoms with van der Waals surface area (Å²) in [7, 11) is 4.12. The van der Waals surface area contributed by atoms with Gasteiger partial charge < -0.3 is 16.0 Å². The molecule has 0 aliphatic heterocycles. The fourth-order valence-electron chi connectivity index (χ4n) is 3.00. The molecule has 0 bridgehead atoms. The zero-order chi connectivity index (χ0) is 14.8. The highest BCUT2D eigenvalue weighted by Crippen LogP contribution is 2.35. The predicted octanol–water partition coefficient (Wildman–Crippen LogP) is 3.49. The summed E-state index contributed by atoms with van der Waals surface area (Å²) < 4.78 is 26.1. The Morgan fingerprint density at radius 1 is 1.30 bits per heavy atom. The molecule has 5 heteroatoms. The molecule has 1 aliphatic carbocycles. The number of nitrogen functional groups attached to an aromatic ring is 1. The zero-order valence-corrected chi connectivity index (χ0v) is 12.1. The Morgan fingerprint density at radius 3 is 2.50 bits per heavy atom. The molecule has 0 aromatic heterocycles. The SMILES string of the molecule is CN(C)C1(CNc2ccc(N)cc2C(F)F)CCCC1. The lowest BCUT2D eigenvalue weighted by Crippen LogP contribution is -2.47. The lowest BCUT2D eigenvalue weighted by atomic mass is 9.95. The molecule has 1 saturated carbocycles. The standard InChI is InChI=1S/C15H23F2N3/c1-20(2)15(7-3-4-8-15)10-19-13-6-5-11(18)9-12(13)14(16)17/h5-6,9,14,19H,3-4,7-8,10,18H2,1-2H3. The van der Waals surface area contributed by atoms with Crippen LogP contribution in [0, 0.1) is 0 Å². The van der Waals surface area contributed by atoms with Gasteiger partial charge in [-0.2, -0.15) is 0 Å². The van der Waals surface area contributed by atoms with Crippen LogP contribution in [0.5, 0.6) is 0 Å². The summed E-state index contributed by atoms with van der Waals surface area (Å²) >= 11 is 0. The molecule has 3 nitrogen and oxygen atoms in total. The van der Waals surface area contributed by atoms with Crippen molar-refractivity contribution in [2.45, 2.75) is 37.6 Å². The summed E-state index contributed by atoms with van der Waals surface area (Å²) in [5, 5.41) is 3.21. The summed E-state index contributed by atoms with van der Waals surface area (Å²) in [5.74, 6) is 0. The largest absolute Gasteiger partial charge is 0.399 e. The number of nitrogens with zero attached hydrogens (tertiary/aromatic N) is 1. The van der Waals surface area contributed by atoms with E-state index in [4.69, 9.17) is 5.73 Å². The number of rotatable bonds is 5. The predicted molar refractivity (Wildman–Crippen MR) is 79.2 cm³/mol. The second kappa shape index (κ2) is 5.95. The Labute approximate surface area is 119 Å². The lowest BCUT2D eigenvalue weighted by Gasteiger charge is -2.37. The molecule has 20 heavy (non-hydrogen) atoms. The quantitative estimate of drug-likeness (QED) is 0.813. The van der Waals surface area contributed by atoms with E-state index in [1.165, 1.54) is 18.9 Å². The van der Waals surface area contributed by atoms with Crippen LogP contribution in [-0.4, -0.2) is 31.1 Å². The molecule has 2 rings (SSSR count). The molecule has 0 amide bonds. The molecule has 3 N–H and O–H groups in total. The number of alkyl halides is 2. The van der Waals surface area contributed by atoms with E-state index in [0.29, 0.717) is 17.9 Å². The van der Waals surface area contributed by atoms with E-state index in [-0.39, 0.29) is 11.1 Å². The number of hydrogen-bond donors (Lipinski definition) is 2. The highest BCUT2D eigenvalue weighted by molar-refractivity contribution is 5.58. The van der Waals surface area contributed by atoms with E-state index in [0.717, 1.165) is 12.8 Å². The number of likely N-dealkylation sites (N-methyl/N-ethyl adjacent to an activating group) is 1. The van der Waals surface area contributed by atoms with Crippen molar-refractivity contribution in [3.8, 4) is 0 Å². The van der Waals surface area contributed by atoms with Gasteiger partial charge in [-0.05, 0) is 45.1 Å². The molecule has 0 radical (unpaired) electrons. The van der Waals surface area contributed by atoms with E-state index < -0.39 is 6.43 Å². The lowest BCUT2D eigenvalue weighted by molar-refractivity contribution is 0.151. The van der Waals surface area contributed by atoms with E-state index in [2.05, 4.69) is 24.3 Å². The molecule has 1 aliphatic rings. The molecule has 0 heterocycles. The zero-order valence-electron chi connectivity index (χ0n) is 12.1. The van der Waals surface area contributed by atoms with Crippen LogP contribution in [0.25, 0.3) is 0 Å². The van der Waals surface area contributed by atoms with Gasteiger partial charge >= 0.3 is 0 Å². The highest BCUT2D eigenvalue weighted by Gasteiger charge is 2.35. The van der Waals surface area contributed by atoms with Gasteiger partial charge in [0.2, 0.25) is 0 Å². The highest BCUT2D eigenvalue weighted by atomic mass is 19.3. The molecule has 0 saturated heterocycles. The fourth-order valence-corrected chi connectivity index (χ4v) is 3.00. The van der Waals surface area contributed by atoms with Gasteiger partial charge in [0, 0.05) is 29.0 Å². The van der Waals surface area contributed by atoms with Crippen LogP contribution in [0.4, 0.5) is 20.2 Å². The molecule has 0 spiro atoms. The minimum Gasteiger partial charge on any atom is -0.399 e. The molecular formula is C15H23F2N3. The fraction of sp³-hybridized carbons (Fsp3) is 0.600. The molecule has 1 fully saturated rings. The van der Waals surface area contributed by atoms with Crippen molar-refractivity contribution in [1.29, 1.82) is 0 Å². The van der Waals surface area contributed by atoms with Gasteiger partial charge in [-0.25, -0.2) is 8.78 Å². The summed E-state index contributed by atoms with van der Waals surface area (Å²) in [5.41, 5.74) is 6.50. The number of benzene rings is 1. The van der Waals surface area contributed by atoms with Crippen molar-refractivity contribution >= 4 is 11.4 Å². The van der Waals surface area contributed by atoms with Crippen LogP contribution in [0.15, 0.2) is 18.2 Å². The number of halogens is 2. The van der Waals surface area contributed by atoms with E-state index >= 15 is 0 Å². The maximum atomic E-state index is 13.1. The number of hydrogen-bond acceptors (Lipinski definition) is 3. The minimum atomic E-state index is -2.51. The topological polar surface area (TPSA) is 41.3 Å². The molecule has 1 aromatic rings. The average molecular weight is 283 g/mol. The van der Waals surface area contributed by atoms with E-state index in [1.807, 2.05) is 0 Å². The summed E-state index contributed by atoms with van der Waals surface area (Å²) in [4.78, 5) is 2.21. The second-order valence-corrected chi connectivity index (χ2v) is 5.83. The van der Waals surface area contributed by atoms with Gasteiger partial charge in [0.1, 0.15) is 0 Å². The van der Waals surface area contributed by atoms with Crippen molar-refractivity contribution < 1.29 is 8.78 Å². The van der Waals surface area contributed by atoms with Gasteiger partial charge in [0.15, 0.2) is 0 Å². The Morgan fingerprint density at radius 2 is 1.95 bits per heavy atom. The van der Waals surface area contributed by atoms with Crippen molar-refractivity contribution in [3.05, 3.63) is 23.8 Å². The first kappa shape index (κ1) is 15.0. The third kappa shape index (κ3) is 3.03. The van der Waals surface area contributed by atoms with Crippen LogP contribution in [0.3, 0.4) is 0 Å². The van der Waals surface area contributed by atoms with Gasteiger partial charge in [-0.1, -0.05) is 12.8 Å². The third-order valence-electron chi connectivity index (χ3n) is 4.40. The van der Waals surface area contributed by atoms with Crippen LogP contribution >= 0.6 is 0 Å². The van der Waals surface area contributed by atoms with Crippen molar-refractivity contribution in [1.82, 2.24) is 4.90 Å². The van der Waals surface area contributed by atoms with Crippen LogP contribution in [0.1, 0.15) is 37.7 Å². The second-order valence-electron chi connectivity index (χ2n) is 5.83. The van der Waals surface area contributed by atoms with Gasteiger partial charge in [0.05, 0.1) is 0 Å². The van der Waals surface area contributed by atoms with Crippen molar-refractivity contribution in [2.24, 2.45) is 0 Å². The van der Waals surface area contributed by atoms with Crippen molar-refractivity contribution in [3.63, 3.8) is 0 Å². The van der Waals surface area contributed by atoms with Gasteiger partial charge in [-0.15, -0.1) is 0 Å².